The number of fused-ring (bicyclic) bond motifs is 1. The van der Waals surface area contributed by atoms with E-state index in [1.54, 1.807) is 30.4 Å². The van der Waals surface area contributed by atoms with Crippen LogP contribution in [0.3, 0.4) is 0 Å². The van der Waals surface area contributed by atoms with E-state index in [0.29, 0.717) is 11.8 Å². The van der Waals surface area contributed by atoms with Gasteiger partial charge in [-0.2, -0.15) is 0 Å². The molecule has 3 nitrogen and oxygen atoms in total. The lowest BCUT2D eigenvalue weighted by atomic mass is 9.97. The second kappa shape index (κ2) is 6.21. The third-order valence-corrected chi connectivity index (χ3v) is 5.68. The summed E-state index contributed by atoms with van der Waals surface area (Å²) in [5.74, 6) is -0.194. The number of benzene rings is 1. The van der Waals surface area contributed by atoms with Gasteiger partial charge in [-0.05, 0) is 42.4 Å². The number of rotatable bonds is 4. The lowest BCUT2D eigenvalue weighted by Gasteiger charge is -2.30. The van der Waals surface area contributed by atoms with Gasteiger partial charge in [-0.3, -0.25) is 9.78 Å². The molecule has 0 saturated heterocycles. The minimum Gasteiger partial charge on any atom is -0.334 e. The molecule has 1 aromatic heterocycles. The highest BCUT2D eigenvalue weighted by Gasteiger charge is 2.57. The molecule has 5 heteroatoms. The van der Waals surface area contributed by atoms with Crippen molar-refractivity contribution in [1.29, 1.82) is 0 Å². The maximum atomic E-state index is 14.5. The Balaban J connectivity index is 1.69. The van der Waals surface area contributed by atoms with Crippen molar-refractivity contribution in [2.75, 3.05) is 7.05 Å². The Morgan fingerprint density at radius 3 is 2.64 bits per heavy atom. The van der Waals surface area contributed by atoms with Gasteiger partial charge in [0, 0.05) is 37.0 Å². The number of halogens is 2. The normalized spacial score (nSPS) is 25.3. The molecule has 0 radical (unpaired) electrons. The molecule has 0 aliphatic heterocycles. The van der Waals surface area contributed by atoms with Crippen molar-refractivity contribution in [3.05, 3.63) is 65.5 Å². The van der Waals surface area contributed by atoms with Crippen LogP contribution in [0, 0.1) is 29.4 Å². The van der Waals surface area contributed by atoms with Crippen LogP contribution in [0.25, 0.3) is 0 Å². The second-order valence-corrected chi connectivity index (χ2v) is 7.09. The molecule has 25 heavy (non-hydrogen) atoms. The summed E-state index contributed by atoms with van der Waals surface area (Å²) in [5.41, 5.74) is 1.01. The number of amides is 1. The SMILES string of the molecule is CN(C(=O)C1[C@H]2CCC[C@@H]12)[C@H](c1cccnc1)c1ccc(F)cc1F. The van der Waals surface area contributed by atoms with Crippen molar-refractivity contribution < 1.29 is 13.6 Å². The first-order valence-corrected chi connectivity index (χ1v) is 8.69. The minimum atomic E-state index is -0.649. The van der Waals surface area contributed by atoms with Crippen molar-refractivity contribution in [3.63, 3.8) is 0 Å². The number of carbonyl (C=O) groups is 1. The number of aromatic nitrogens is 1. The first kappa shape index (κ1) is 16.2. The fourth-order valence-corrected chi connectivity index (χ4v) is 4.42. The number of nitrogens with zero attached hydrogens (tertiary/aromatic N) is 2. The maximum absolute atomic E-state index is 14.5. The van der Waals surface area contributed by atoms with E-state index >= 15 is 0 Å². The summed E-state index contributed by atoms with van der Waals surface area (Å²) < 4.78 is 27.8. The zero-order valence-electron chi connectivity index (χ0n) is 14.0. The molecule has 2 saturated carbocycles. The maximum Gasteiger partial charge on any atom is 0.226 e. The Morgan fingerprint density at radius 1 is 1.24 bits per heavy atom. The molecule has 2 aliphatic rings. The lowest BCUT2D eigenvalue weighted by Crippen LogP contribution is -2.34. The number of carbonyl (C=O) groups excluding carboxylic acids is 1. The highest BCUT2D eigenvalue weighted by Crippen LogP contribution is 2.58. The first-order valence-electron chi connectivity index (χ1n) is 8.69. The molecule has 0 N–H and O–H groups in total. The van der Waals surface area contributed by atoms with Crippen molar-refractivity contribution >= 4 is 5.91 Å². The van der Waals surface area contributed by atoms with Gasteiger partial charge in [0.2, 0.25) is 5.91 Å². The summed E-state index contributed by atoms with van der Waals surface area (Å²) in [6.07, 6.45) is 6.68. The zero-order valence-corrected chi connectivity index (χ0v) is 14.0. The average molecular weight is 342 g/mol. The standard InChI is InChI=1S/C20H20F2N2O/c1-24(20(25)18-14-5-2-6-15(14)18)19(12-4-3-9-23-11-12)16-8-7-13(21)10-17(16)22/h3-4,7-11,14-15,18-19H,2,5-6H2,1H3/t14-,15+,18?,19-/m1/s1. The fraction of sp³-hybridized carbons (Fsp3) is 0.400. The van der Waals surface area contributed by atoms with E-state index in [1.807, 2.05) is 6.07 Å². The lowest BCUT2D eigenvalue weighted by molar-refractivity contribution is -0.133. The molecule has 1 amide bonds. The van der Waals surface area contributed by atoms with E-state index in [2.05, 4.69) is 4.98 Å². The van der Waals surface area contributed by atoms with Crippen molar-refractivity contribution in [2.45, 2.75) is 25.3 Å². The largest absolute Gasteiger partial charge is 0.334 e. The van der Waals surface area contributed by atoms with Crippen LogP contribution >= 0.6 is 0 Å². The summed E-state index contributed by atoms with van der Waals surface area (Å²) in [6, 6.07) is 6.48. The molecule has 2 aliphatic carbocycles. The molecular weight excluding hydrogens is 322 g/mol. The van der Waals surface area contributed by atoms with Gasteiger partial charge in [0.1, 0.15) is 11.6 Å². The van der Waals surface area contributed by atoms with Crippen LogP contribution in [0.1, 0.15) is 36.4 Å². The van der Waals surface area contributed by atoms with Gasteiger partial charge in [0.15, 0.2) is 0 Å². The molecule has 130 valence electrons. The van der Waals surface area contributed by atoms with E-state index < -0.39 is 17.7 Å². The molecule has 1 aromatic carbocycles. The summed E-state index contributed by atoms with van der Waals surface area (Å²) in [6.45, 7) is 0. The van der Waals surface area contributed by atoms with E-state index in [4.69, 9.17) is 0 Å². The van der Waals surface area contributed by atoms with E-state index in [1.165, 1.54) is 18.6 Å². The Labute approximate surface area is 145 Å². The molecule has 2 fully saturated rings. The van der Waals surface area contributed by atoms with Crippen LogP contribution in [-0.2, 0) is 4.79 Å². The number of pyridine rings is 1. The molecule has 0 spiro atoms. The third-order valence-electron chi connectivity index (χ3n) is 5.68. The van der Waals surface area contributed by atoms with Crippen LogP contribution in [0.2, 0.25) is 0 Å². The predicted octanol–water partition coefficient (Wildman–Crippen LogP) is 3.95. The fourth-order valence-electron chi connectivity index (χ4n) is 4.42. The molecule has 1 unspecified atom stereocenters. The molecule has 1 heterocycles. The van der Waals surface area contributed by atoms with Crippen LogP contribution in [0.5, 0.6) is 0 Å². The topological polar surface area (TPSA) is 33.2 Å². The van der Waals surface area contributed by atoms with Crippen LogP contribution in [-0.4, -0.2) is 22.8 Å². The summed E-state index contributed by atoms with van der Waals surface area (Å²) in [5, 5.41) is 0. The summed E-state index contributed by atoms with van der Waals surface area (Å²) >= 11 is 0. The Morgan fingerprint density at radius 2 is 2.00 bits per heavy atom. The van der Waals surface area contributed by atoms with Crippen LogP contribution in [0.15, 0.2) is 42.7 Å². The quantitative estimate of drug-likeness (QED) is 0.843. The number of hydrogen-bond donors (Lipinski definition) is 0. The van der Waals surface area contributed by atoms with Gasteiger partial charge in [-0.15, -0.1) is 0 Å². The highest BCUT2D eigenvalue weighted by molar-refractivity contribution is 5.83. The van der Waals surface area contributed by atoms with Crippen LogP contribution < -0.4 is 0 Å². The van der Waals surface area contributed by atoms with Gasteiger partial charge in [0.25, 0.3) is 0 Å². The van der Waals surface area contributed by atoms with Gasteiger partial charge < -0.3 is 4.90 Å². The van der Waals surface area contributed by atoms with Crippen molar-refractivity contribution in [2.24, 2.45) is 17.8 Å². The van der Waals surface area contributed by atoms with Gasteiger partial charge in [-0.1, -0.05) is 18.6 Å². The Hall–Kier alpha value is -2.30. The van der Waals surface area contributed by atoms with Crippen molar-refractivity contribution in [3.8, 4) is 0 Å². The molecular formula is C20H20F2N2O. The van der Waals surface area contributed by atoms with Crippen LogP contribution in [0.4, 0.5) is 8.78 Å². The summed E-state index contributed by atoms with van der Waals surface area (Å²) in [4.78, 5) is 18.7. The summed E-state index contributed by atoms with van der Waals surface area (Å²) in [7, 11) is 1.71. The number of hydrogen-bond acceptors (Lipinski definition) is 2. The Bertz CT molecular complexity index is 786. The van der Waals surface area contributed by atoms with Gasteiger partial charge >= 0.3 is 0 Å². The molecule has 2 aromatic rings. The highest BCUT2D eigenvalue weighted by atomic mass is 19.1. The molecule has 4 atom stereocenters. The van der Waals surface area contributed by atoms with E-state index in [-0.39, 0.29) is 17.4 Å². The smallest absolute Gasteiger partial charge is 0.226 e. The third kappa shape index (κ3) is 2.81. The van der Waals surface area contributed by atoms with Crippen molar-refractivity contribution in [1.82, 2.24) is 9.88 Å². The first-order chi connectivity index (χ1) is 12.1. The zero-order chi connectivity index (χ0) is 17.6. The molecule has 4 rings (SSSR count). The second-order valence-electron chi connectivity index (χ2n) is 7.09. The minimum absolute atomic E-state index is 0.0484. The van der Waals surface area contributed by atoms with Gasteiger partial charge in [-0.25, -0.2) is 8.78 Å². The van der Waals surface area contributed by atoms with E-state index in [9.17, 15) is 13.6 Å². The molecule has 0 bridgehead atoms. The van der Waals surface area contributed by atoms with Gasteiger partial charge in [0.05, 0.1) is 6.04 Å². The van der Waals surface area contributed by atoms with E-state index in [0.717, 1.165) is 24.5 Å². The monoisotopic (exact) mass is 342 g/mol. The average Bonchev–Trinajstić information content (AvgIpc) is 3.08. The Kier molecular flexibility index (Phi) is 4.02. The predicted molar refractivity (Wildman–Crippen MR) is 89.5 cm³/mol.